The third-order valence-corrected chi connectivity index (χ3v) is 6.08. The van der Waals surface area contributed by atoms with E-state index in [9.17, 15) is 4.79 Å². The summed E-state index contributed by atoms with van der Waals surface area (Å²) < 4.78 is 6.87. The van der Waals surface area contributed by atoms with Gasteiger partial charge in [-0.2, -0.15) is 4.68 Å². The molecular formula is C24H29N5O2. The second-order valence-electron chi connectivity index (χ2n) is 8.44. The molecule has 0 amide bonds. The van der Waals surface area contributed by atoms with E-state index in [1.54, 1.807) is 23.7 Å². The first kappa shape index (κ1) is 21.0. The van der Waals surface area contributed by atoms with Gasteiger partial charge in [-0.1, -0.05) is 24.6 Å². The van der Waals surface area contributed by atoms with Gasteiger partial charge in [-0.15, -0.1) is 5.10 Å². The second kappa shape index (κ2) is 8.88. The van der Waals surface area contributed by atoms with Gasteiger partial charge in [-0.3, -0.25) is 0 Å². The summed E-state index contributed by atoms with van der Waals surface area (Å²) in [4.78, 5) is 12.0. The molecule has 0 aliphatic heterocycles. The Hall–Kier alpha value is -3.22. The first-order chi connectivity index (χ1) is 15.0. The fourth-order valence-electron chi connectivity index (χ4n) is 4.19. The van der Waals surface area contributed by atoms with E-state index in [0.717, 1.165) is 42.9 Å². The number of aryl methyl sites for hydroxylation is 1. The summed E-state index contributed by atoms with van der Waals surface area (Å²) in [5.74, 6) is 1.15. The van der Waals surface area contributed by atoms with Crippen LogP contribution in [-0.4, -0.2) is 32.8 Å². The number of hydrogen-bond donors (Lipinski definition) is 1. The number of anilines is 1. The molecule has 0 radical (unpaired) electrons. The quantitative estimate of drug-likeness (QED) is 0.585. The molecule has 0 bridgehead atoms. The lowest BCUT2D eigenvalue weighted by Crippen LogP contribution is -2.41. The molecule has 0 spiro atoms. The molecule has 3 aromatic rings. The van der Waals surface area contributed by atoms with Crippen LogP contribution in [0.25, 0.3) is 5.69 Å². The Balaban J connectivity index is 1.68. The van der Waals surface area contributed by atoms with Gasteiger partial charge in [-0.25, -0.2) is 4.79 Å². The van der Waals surface area contributed by atoms with Gasteiger partial charge in [0, 0.05) is 5.69 Å². The molecule has 0 unspecified atom stereocenters. The topological polar surface area (TPSA) is 81.9 Å². The molecule has 1 N–H and O–H groups in total. The lowest BCUT2D eigenvalue weighted by molar-refractivity contribution is 0.0526. The number of nitrogens with zero attached hydrogens (tertiary/aromatic N) is 4. The van der Waals surface area contributed by atoms with Gasteiger partial charge < -0.3 is 10.1 Å². The van der Waals surface area contributed by atoms with E-state index in [1.165, 1.54) is 5.56 Å². The van der Waals surface area contributed by atoms with Crippen molar-refractivity contribution in [2.75, 3.05) is 11.9 Å². The highest BCUT2D eigenvalue weighted by Gasteiger charge is 2.40. The van der Waals surface area contributed by atoms with E-state index >= 15 is 0 Å². The summed E-state index contributed by atoms with van der Waals surface area (Å²) in [6, 6.07) is 15.7. The van der Waals surface area contributed by atoms with Crippen LogP contribution in [0.4, 0.5) is 5.69 Å². The first-order valence-electron chi connectivity index (χ1n) is 10.9. The number of nitrogens with one attached hydrogen (secondary N) is 1. The number of hydrogen-bond acceptors (Lipinski definition) is 6. The summed E-state index contributed by atoms with van der Waals surface area (Å²) in [6.07, 6.45) is 4.10. The van der Waals surface area contributed by atoms with Crippen molar-refractivity contribution in [1.82, 2.24) is 20.2 Å². The minimum Gasteiger partial charge on any atom is -0.462 e. The molecule has 0 atom stereocenters. The smallest absolute Gasteiger partial charge is 0.338 e. The fraction of sp³-hybridized carbons (Fsp3) is 0.417. The zero-order valence-corrected chi connectivity index (χ0v) is 18.3. The van der Waals surface area contributed by atoms with Gasteiger partial charge in [0.05, 0.1) is 23.4 Å². The maximum atomic E-state index is 12.0. The van der Waals surface area contributed by atoms with Crippen molar-refractivity contribution in [3.63, 3.8) is 0 Å². The van der Waals surface area contributed by atoms with Crippen molar-refractivity contribution < 1.29 is 9.53 Å². The fourth-order valence-corrected chi connectivity index (χ4v) is 4.19. The van der Waals surface area contributed by atoms with Gasteiger partial charge in [0.2, 0.25) is 0 Å². The van der Waals surface area contributed by atoms with E-state index in [4.69, 9.17) is 4.74 Å². The molecular weight excluding hydrogens is 390 g/mol. The second-order valence-corrected chi connectivity index (χ2v) is 8.44. The molecule has 1 fully saturated rings. The van der Waals surface area contributed by atoms with Crippen molar-refractivity contribution in [1.29, 1.82) is 0 Å². The standard InChI is InChI=1S/C24H29N5O2/c1-4-31-22(30)19-7-11-21(12-8-19)29-23(26-27-28-29)24(15-13-18(3)14-16-24)25-20-9-5-17(2)6-10-20/h5-12,18,25H,4,13-16H2,1-3H3. The molecule has 7 nitrogen and oxygen atoms in total. The Bertz CT molecular complexity index is 1020. The van der Waals surface area contributed by atoms with Crippen molar-refractivity contribution in [3.05, 3.63) is 65.5 Å². The number of carbonyl (C=O) groups excluding carboxylic acids is 1. The van der Waals surface area contributed by atoms with Crippen molar-refractivity contribution in [2.45, 2.75) is 52.0 Å². The minimum absolute atomic E-state index is 0.329. The minimum atomic E-state index is -0.356. The Labute approximate surface area is 182 Å². The third-order valence-electron chi connectivity index (χ3n) is 6.08. The predicted molar refractivity (Wildman–Crippen MR) is 119 cm³/mol. The highest BCUT2D eigenvalue weighted by Crippen LogP contribution is 2.41. The molecule has 7 heteroatoms. The molecule has 4 rings (SSSR count). The molecule has 0 saturated heterocycles. The van der Waals surface area contributed by atoms with Crippen molar-refractivity contribution in [2.24, 2.45) is 5.92 Å². The molecule has 1 aromatic heterocycles. The van der Waals surface area contributed by atoms with Crippen LogP contribution >= 0.6 is 0 Å². The molecule has 31 heavy (non-hydrogen) atoms. The summed E-state index contributed by atoms with van der Waals surface area (Å²) >= 11 is 0. The average molecular weight is 420 g/mol. The first-order valence-corrected chi connectivity index (χ1v) is 10.9. The third kappa shape index (κ3) is 4.45. The van der Waals surface area contributed by atoms with E-state index in [0.29, 0.717) is 18.1 Å². The zero-order valence-electron chi connectivity index (χ0n) is 18.3. The summed E-state index contributed by atoms with van der Waals surface area (Å²) in [7, 11) is 0. The van der Waals surface area contributed by atoms with E-state index in [1.807, 2.05) is 12.1 Å². The Morgan fingerprint density at radius 2 is 1.81 bits per heavy atom. The van der Waals surface area contributed by atoms with Crippen LogP contribution in [0, 0.1) is 12.8 Å². The molecule has 1 aliphatic carbocycles. The van der Waals surface area contributed by atoms with E-state index in [2.05, 4.69) is 59.0 Å². The maximum Gasteiger partial charge on any atom is 0.338 e. The Morgan fingerprint density at radius 1 is 1.13 bits per heavy atom. The van der Waals surface area contributed by atoms with E-state index in [-0.39, 0.29) is 11.5 Å². The summed E-state index contributed by atoms with van der Waals surface area (Å²) in [6.45, 7) is 6.53. The van der Waals surface area contributed by atoms with E-state index < -0.39 is 0 Å². The molecule has 162 valence electrons. The molecule has 2 aromatic carbocycles. The van der Waals surface area contributed by atoms with Crippen LogP contribution in [0.2, 0.25) is 0 Å². The lowest BCUT2D eigenvalue weighted by Gasteiger charge is -2.39. The van der Waals surface area contributed by atoms with Gasteiger partial charge in [0.1, 0.15) is 0 Å². The lowest BCUT2D eigenvalue weighted by atomic mass is 9.76. The van der Waals surface area contributed by atoms with Crippen molar-refractivity contribution in [3.8, 4) is 5.69 Å². The van der Waals surface area contributed by atoms with Gasteiger partial charge in [-0.05, 0) is 92.3 Å². The monoisotopic (exact) mass is 419 g/mol. The summed E-state index contributed by atoms with van der Waals surface area (Å²) in [5, 5.41) is 16.5. The zero-order chi connectivity index (χ0) is 21.8. The van der Waals surface area contributed by atoms with Gasteiger partial charge >= 0.3 is 5.97 Å². The van der Waals surface area contributed by atoms with Gasteiger partial charge in [0.15, 0.2) is 5.82 Å². The molecule has 1 aliphatic rings. The maximum absolute atomic E-state index is 12.0. The molecule has 1 saturated carbocycles. The van der Waals surface area contributed by atoms with Crippen LogP contribution in [0.5, 0.6) is 0 Å². The predicted octanol–water partition coefficient (Wildman–Crippen LogP) is 4.66. The number of aromatic nitrogens is 4. The van der Waals surface area contributed by atoms with Crippen LogP contribution in [-0.2, 0) is 10.3 Å². The van der Waals surface area contributed by atoms with Crippen LogP contribution in [0.15, 0.2) is 48.5 Å². The Kier molecular flexibility index (Phi) is 6.02. The van der Waals surface area contributed by atoms with Crippen LogP contribution in [0.1, 0.15) is 61.3 Å². The van der Waals surface area contributed by atoms with Gasteiger partial charge in [0.25, 0.3) is 0 Å². The molecule has 1 heterocycles. The Morgan fingerprint density at radius 3 is 2.45 bits per heavy atom. The van der Waals surface area contributed by atoms with Crippen LogP contribution < -0.4 is 5.32 Å². The number of carbonyl (C=O) groups is 1. The SMILES string of the molecule is CCOC(=O)c1ccc(-n2nnnc2C2(Nc3ccc(C)cc3)CCC(C)CC2)cc1. The number of esters is 1. The summed E-state index contributed by atoms with van der Waals surface area (Å²) in [5.41, 5.74) is 3.26. The normalized spacial score (nSPS) is 20.9. The highest BCUT2D eigenvalue weighted by atomic mass is 16.5. The van der Waals surface area contributed by atoms with Crippen LogP contribution in [0.3, 0.4) is 0 Å². The number of benzene rings is 2. The van der Waals surface area contributed by atoms with Crippen molar-refractivity contribution >= 4 is 11.7 Å². The number of tetrazole rings is 1. The number of ether oxygens (including phenoxy) is 1. The average Bonchev–Trinajstić information content (AvgIpc) is 3.28. The largest absolute Gasteiger partial charge is 0.462 e. The number of rotatable bonds is 6. The highest BCUT2D eigenvalue weighted by molar-refractivity contribution is 5.89.